The molecule has 2 aliphatic rings. The summed E-state index contributed by atoms with van der Waals surface area (Å²) >= 11 is 0. The highest BCUT2D eigenvalue weighted by molar-refractivity contribution is 6.29. The molecule has 96 valence electrons. The highest BCUT2D eigenvalue weighted by Gasteiger charge is 2.51. The Balaban J connectivity index is 1.92. The van der Waals surface area contributed by atoms with Gasteiger partial charge in [0.15, 0.2) is 0 Å². The quantitative estimate of drug-likeness (QED) is 0.547. The van der Waals surface area contributed by atoms with E-state index in [0.29, 0.717) is 11.8 Å². The van der Waals surface area contributed by atoms with E-state index in [-0.39, 0.29) is 6.10 Å². The van der Waals surface area contributed by atoms with Crippen molar-refractivity contribution in [2.75, 3.05) is 0 Å². The normalized spacial score (nSPS) is 35.1. The number of carbonyl (C=O) groups is 2. The zero-order valence-corrected chi connectivity index (χ0v) is 10.7. The molecule has 0 spiro atoms. The maximum atomic E-state index is 11.6. The van der Waals surface area contributed by atoms with Crippen LogP contribution in [0.1, 0.15) is 46.5 Å². The predicted molar refractivity (Wildman–Crippen MR) is 61.2 cm³/mol. The number of rotatable bonds is 2. The summed E-state index contributed by atoms with van der Waals surface area (Å²) < 4.78 is 10.2. The van der Waals surface area contributed by atoms with E-state index in [4.69, 9.17) is 9.47 Å². The fraction of sp³-hybridized carbons (Fsp3) is 0.846. The van der Waals surface area contributed by atoms with Crippen LogP contribution in [0.4, 0.5) is 0 Å². The van der Waals surface area contributed by atoms with Crippen molar-refractivity contribution in [2.45, 2.75) is 58.2 Å². The first-order valence-corrected chi connectivity index (χ1v) is 6.34. The summed E-state index contributed by atoms with van der Waals surface area (Å²) in [6.45, 7) is 5.37. The number of carbonyl (C=O) groups excluding carboxylic acids is 2. The van der Waals surface area contributed by atoms with E-state index >= 15 is 0 Å². The number of fused-ring (bicyclic) bond motifs is 2. The number of hydrogen-bond donors (Lipinski definition) is 0. The van der Waals surface area contributed by atoms with Crippen LogP contribution >= 0.6 is 0 Å². The Kier molecular flexibility index (Phi) is 3.15. The zero-order chi connectivity index (χ0) is 12.6. The van der Waals surface area contributed by atoms with Gasteiger partial charge < -0.3 is 9.47 Å². The van der Waals surface area contributed by atoms with Gasteiger partial charge >= 0.3 is 11.9 Å². The highest BCUT2D eigenvalue weighted by Crippen LogP contribution is 2.52. The summed E-state index contributed by atoms with van der Waals surface area (Å²) in [7, 11) is 0. The number of ether oxygens (including phenoxy) is 2. The van der Waals surface area contributed by atoms with E-state index in [9.17, 15) is 9.59 Å². The average Bonchev–Trinajstić information content (AvgIpc) is 2.75. The lowest BCUT2D eigenvalue weighted by Gasteiger charge is -2.33. The van der Waals surface area contributed by atoms with Crippen LogP contribution in [0.25, 0.3) is 0 Å². The Labute approximate surface area is 102 Å². The van der Waals surface area contributed by atoms with Crippen LogP contribution in [-0.4, -0.2) is 23.6 Å². The third-order valence-electron chi connectivity index (χ3n) is 3.93. The van der Waals surface area contributed by atoms with E-state index in [1.807, 2.05) is 6.92 Å². The minimum atomic E-state index is -0.871. The van der Waals surface area contributed by atoms with Gasteiger partial charge in [-0.15, -0.1) is 0 Å². The van der Waals surface area contributed by atoms with E-state index in [2.05, 4.69) is 0 Å². The molecule has 2 saturated carbocycles. The first-order valence-electron chi connectivity index (χ1n) is 6.34. The van der Waals surface area contributed by atoms with Gasteiger partial charge in [-0.05, 0) is 58.3 Å². The van der Waals surface area contributed by atoms with Crippen molar-refractivity contribution >= 4 is 11.9 Å². The van der Waals surface area contributed by atoms with Crippen LogP contribution in [0.5, 0.6) is 0 Å². The van der Waals surface area contributed by atoms with Crippen molar-refractivity contribution < 1.29 is 19.1 Å². The lowest BCUT2D eigenvalue weighted by Crippen LogP contribution is -2.40. The molecule has 0 amide bonds. The molecule has 17 heavy (non-hydrogen) atoms. The Morgan fingerprint density at radius 1 is 1.24 bits per heavy atom. The first-order chi connectivity index (χ1) is 7.90. The predicted octanol–water partition coefficient (Wildman–Crippen LogP) is 2.06. The van der Waals surface area contributed by atoms with Crippen molar-refractivity contribution in [3.05, 3.63) is 0 Å². The van der Waals surface area contributed by atoms with Gasteiger partial charge in [0.1, 0.15) is 5.60 Å². The van der Waals surface area contributed by atoms with E-state index < -0.39 is 17.5 Å². The lowest BCUT2D eigenvalue weighted by atomic mass is 9.86. The third kappa shape index (κ3) is 2.45. The number of esters is 2. The maximum Gasteiger partial charge on any atom is 0.418 e. The number of hydrogen-bond acceptors (Lipinski definition) is 4. The van der Waals surface area contributed by atoms with Crippen LogP contribution < -0.4 is 0 Å². The van der Waals surface area contributed by atoms with E-state index in [0.717, 1.165) is 19.3 Å². The smallest absolute Gasteiger partial charge is 0.418 e. The first kappa shape index (κ1) is 12.4. The topological polar surface area (TPSA) is 52.6 Å². The summed E-state index contributed by atoms with van der Waals surface area (Å²) in [5.74, 6) is -0.625. The van der Waals surface area contributed by atoms with Crippen LogP contribution in [0.3, 0.4) is 0 Å². The monoisotopic (exact) mass is 240 g/mol. The van der Waals surface area contributed by atoms with Crippen molar-refractivity contribution in [1.82, 2.24) is 0 Å². The lowest BCUT2D eigenvalue weighted by molar-refractivity contribution is -0.181. The fourth-order valence-electron chi connectivity index (χ4n) is 3.20. The Morgan fingerprint density at radius 2 is 1.94 bits per heavy atom. The standard InChI is InChI=1S/C13H20O4/c1-8(2)16-11(14)12(15)17-13(3)7-9-4-5-10(13)6-9/h8-10H,4-7H2,1-3H3/t9-,10+,13-/m0/s1. The van der Waals surface area contributed by atoms with Gasteiger partial charge in [-0.1, -0.05) is 0 Å². The van der Waals surface area contributed by atoms with Crippen LogP contribution in [0.15, 0.2) is 0 Å². The molecule has 4 heteroatoms. The molecule has 0 aromatic carbocycles. The average molecular weight is 240 g/mol. The van der Waals surface area contributed by atoms with Crippen molar-refractivity contribution in [2.24, 2.45) is 11.8 Å². The minimum Gasteiger partial charge on any atom is -0.455 e. The summed E-state index contributed by atoms with van der Waals surface area (Å²) in [4.78, 5) is 23.0. The van der Waals surface area contributed by atoms with E-state index in [1.54, 1.807) is 13.8 Å². The SMILES string of the molecule is CC(C)OC(=O)C(=O)O[C@@]1(C)C[C@H]2CC[C@@H]1C2. The van der Waals surface area contributed by atoms with Crippen molar-refractivity contribution in [3.8, 4) is 0 Å². The molecule has 4 nitrogen and oxygen atoms in total. The molecule has 0 aromatic heterocycles. The Hall–Kier alpha value is -1.06. The van der Waals surface area contributed by atoms with Crippen molar-refractivity contribution in [1.29, 1.82) is 0 Å². The molecule has 3 atom stereocenters. The van der Waals surface area contributed by atoms with Gasteiger partial charge in [0.25, 0.3) is 0 Å². The molecule has 0 saturated heterocycles. The molecule has 0 unspecified atom stereocenters. The summed E-state index contributed by atoms with van der Waals surface area (Å²) in [6.07, 6.45) is 4.06. The molecule has 2 bridgehead atoms. The molecule has 0 heterocycles. The zero-order valence-electron chi connectivity index (χ0n) is 10.7. The van der Waals surface area contributed by atoms with Crippen molar-refractivity contribution in [3.63, 3.8) is 0 Å². The Morgan fingerprint density at radius 3 is 2.41 bits per heavy atom. The van der Waals surface area contributed by atoms with Crippen LogP contribution in [-0.2, 0) is 19.1 Å². The fourth-order valence-corrected chi connectivity index (χ4v) is 3.20. The van der Waals surface area contributed by atoms with Crippen LogP contribution in [0, 0.1) is 11.8 Å². The largest absolute Gasteiger partial charge is 0.455 e. The molecule has 0 aromatic rings. The third-order valence-corrected chi connectivity index (χ3v) is 3.93. The van der Waals surface area contributed by atoms with Gasteiger partial charge in [-0.2, -0.15) is 0 Å². The van der Waals surface area contributed by atoms with Gasteiger partial charge in [0.2, 0.25) is 0 Å². The summed E-state index contributed by atoms with van der Waals surface area (Å²) in [6, 6.07) is 0. The van der Waals surface area contributed by atoms with Gasteiger partial charge in [-0.25, -0.2) is 9.59 Å². The molecule has 0 N–H and O–H groups in total. The highest BCUT2D eigenvalue weighted by atomic mass is 16.6. The summed E-state index contributed by atoms with van der Waals surface area (Å²) in [5.41, 5.74) is -0.448. The molecular formula is C13H20O4. The maximum absolute atomic E-state index is 11.6. The van der Waals surface area contributed by atoms with E-state index in [1.165, 1.54) is 6.42 Å². The molecule has 0 radical (unpaired) electrons. The molecule has 2 fully saturated rings. The molecule has 2 rings (SSSR count). The van der Waals surface area contributed by atoms with Gasteiger partial charge in [0.05, 0.1) is 6.10 Å². The van der Waals surface area contributed by atoms with Gasteiger partial charge in [0, 0.05) is 0 Å². The summed E-state index contributed by atoms with van der Waals surface area (Å²) in [5, 5.41) is 0. The molecular weight excluding hydrogens is 220 g/mol. The van der Waals surface area contributed by atoms with Gasteiger partial charge in [-0.3, -0.25) is 0 Å². The second-order valence-electron chi connectivity index (χ2n) is 5.74. The second kappa shape index (κ2) is 4.31. The second-order valence-corrected chi connectivity index (χ2v) is 5.74. The Bertz CT molecular complexity index is 336. The van der Waals surface area contributed by atoms with Crippen LogP contribution in [0.2, 0.25) is 0 Å². The molecule has 2 aliphatic carbocycles. The minimum absolute atomic E-state index is 0.289. The molecule has 0 aliphatic heterocycles.